The maximum atomic E-state index is 10.1. The van der Waals surface area contributed by atoms with E-state index in [4.69, 9.17) is 0 Å². The molecule has 1 fully saturated rings. The van der Waals surface area contributed by atoms with Gasteiger partial charge >= 0.3 is 0 Å². The summed E-state index contributed by atoms with van der Waals surface area (Å²) >= 11 is 0. The molecule has 2 atom stereocenters. The molecule has 0 amide bonds. The van der Waals surface area contributed by atoms with Gasteiger partial charge in [0.1, 0.15) is 0 Å². The Balaban J connectivity index is 1.65. The van der Waals surface area contributed by atoms with E-state index in [1.54, 1.807) is 6.20 Å². The summed E-state index contributed by atoms with van der Waals surface area (Å²) in [5.41, 5.74) is 1.14. The van der Waals surface area contributed by atoms with Crippen LogP contribution in [0.2, 0.25) is 0 Å². The van der Waals surface area contributed by atoms with E-state index in [1.165, 1.54) is 12.8 Å². The quantitative estimate of drug-likeness (QED) is 0.922. The van der Waals surface area contributed by atoms with Crippen LogP contribution in [0.3, 0.4) is 0 Å². The molecule has 2 unspecified atom stereocenters. The number of imidazole rings is 1. The molecule has 1 aliphatic carbocycles. The molecule has 1 N–H and O–H groups in total. The van der Waals surface area contributed by atoms with Crippen molar-refractivity contribution in [3.05, 3.63) is 30.4 Å². The fourth-order valence-electron chi connectivity index (χ4n) is 3.14. The Morgan fingerprint density at radius 3 is 3.05 bits per heavy atom. The highest BCUT2D eigenvalue weighted by atomic mass is 16.3. The summed E-state index contributed by atoms with van der Waals surface area (Å²) in [6.07, 6.45) is 10.0. The normalized spacial score (nSPS) is 23.6. The zero-order chi connectivity index (χ0) is 13.9. The third kappa shape index (κ3) is 2.83. The number of aromatic nitrogens is 3. The van der Waals surface area contributed by atoms with Crippen molar-refractivity contribution in [2.75, 3.05) is 13.6 Å². The predicted molar refractivity (Wildman–Crippen MR) is 77.3 cm³/mol. The fraction of sp³-hybridized carbons (Fsp3) is 0.600. The van der Waals surface area contributed by atoms with E-state index in [2.05, 4.69) is 21.9 Å². The average molecular weight is 274 g/mol. The molecular formula is C15H22N4O. The first-order valence-electron chi connectivity index (χ1n) is 7.37. The first-order valence-corrected chi connectivity index (χ1v) is 7.37. The minimum Gasteiger partial charge on any atom is -0.393 e. The van der Waals surface area contributed by atoms with Gasteiger partial charge in [0.05, 0.1) is 18.0 Å². The SMILES string of the molecule is CN(Cc1cnc2ncccn12)CC1CCCCC1O. The van der Waals surface area contributed by atoms with Gasteiger partial charge in [0.2, 0.25) is 5.78 Å². The van der Waals surface area contributed by atoms with Crippen molar-refractivity contribution in [2.45, 2.75) is 38.3 Å². The second-order valence-electron chi connectivity index (χ2n) is 5.85. The Morgan fingerprint density at radius 2 is 2.20 bits per heavy atom. The molecule has 1 saturated carbocycles. The predicted octanol–water partition coefficient (Wildman–Crippen LogP) is 1.71. The van der Waals surface area contributed by atoms with E-state index < -0.39 is 0 Å². The fourth-order valence-corrected chi connectivity index (χ4v) is 3.14. The van der Waals surface area contributed by atoms with Crippen LogP contribution in [0.15, 0.2) is 24.7 Å². The van der Waals surface area contributed by atoms with Crippen LogP contribution >= 0.6 is 0 Å². The molecule has 0 spiro atoms. The third-order valence-corrected chi connectivity index (χ3v) is 4.21. The Hall–Kier alpha value is -1.46. The van der Waals surface area contributed by atoms with Crippen LogP contribution in [0.4, 0.5) is 0 Å². The van der Waals surface area contributed by atoms with E-state index in [-0.39, 0.29) is 6.10 Å². The van der Waals surface area contributed by atoms with Gasteiger partial charge in [-0.3, -0.25) is 4.40 Å². The maximum absolute atomic E-state index is 10.1. The third-order valence-electron chi connectivity index (χ3n) is 4.21. The summed E-state index contributed by atoms with van der Waals surface area (Å²) in [7, 11) is 2.11. The highest BCUT2D eigenvalue weighted by Crippen LogP contribution is 2.25. The highest BCUT2D eigenvalue weighted by molar-refractivity contribution is 5.30. The number of aliphatic hydroxyl groups excluding tert-OH is 1. The van der Waals surface area contributed by atoms with E-state index in [1.807, 2.05) is 22.9 Å². The molecule has 5 heteroatoms. The lowest BCUT2D eigenvalue weighted by Crippen LogP contribution is -2.34. The zero-order valence-corrected chi connectivity index (χ0v) is 11.9. The lowest BCUT2D eigenvalue weighted by Gasteiger charge is -2.31. The maximum Gasteiger partial charge on any atom is 0.233 e. The van der Waals surface area contributed by atoms with Crippen LogP contribution in [-0.2, 0) is 6.54 Å². The van der Waals surface area contributed by atoms with Gasteiger partial charge in [0, 0.05) is 25.5 Å². The van der Waals surface area contributed by atoms with Crippen LogP contribution in [0, 0.1) is 5.92 Å². The summed E-state index contributed by atoms with van der Waals surface area (Å²) in [4.78, 5) is 10.8. The van der Waals surface area contributed by atoms with Gasteiger partial charge in [0.25, 0.3) is 0 Å². The Kier molecular flexibility index (Phi) is 3.98. The minimum absolute atomic E-state index is 0.130. The zero-order valence-electron chi connectivity index (χ0n) is 11.9. The van der Waals surface area contributed by atoms with E-state index in [0.717, 1.165) is 37.4 Å². The van der Waals surface area contributed by atoms with Crippen molar-refractivity contribution in [1.29, 1.82) is 0 Å². The van der Waals surface area contributed by atoms with Crippen molar-refractivity contribution in [2.24, 2.45) is 5.92 Å². The summed E-state index contributed by atoms with van der Waals surface area (Å²) in [5.74, 6) is 1.15. The van der Waals surface area contributed by atoms with Gasteiger partial charge in [-0.1, -0.05) is 12.8 Å². The van der Waals surface area contributed by atoms with Gasteiger partial charge in [-0.05, 0) is 31.9 Å². The Bertz CT molecular complexity index is 568. The Labute approximate surface area is 119 Å². The van der Waals surface area contributed by atoms with Gasteiger partial charge in [-0.2, -0.15) is 0 Å². The number of hydrogen-bond donors (Lipinski definition) is 1. The van der Waals surface area contributed by atoms with Crippen LogP contribution in [0.1, 0.15) is 31.4 Å². The van der Waals surface area contributed by atoms with Crippen molar-refractivity contribution < 1.29 is 5.11 Å². The van der Waals surface area contributed by atoms with Crippen molar-refractivity contribution in [1.82, 2.24) is 19.3 Å². The Morgan fingerprint density at radius 1 is 1.35 bits per heavy atom. The van der Waals surface area contributed by atoms with Crippen LogP contribution in [0.25, 0.3) is 5.78 Å². The number of aliphatic hydroxyl groups is 1. The number of fused-ring (bicyclic) bond motifs is 1. The molecule has 2 aromatic heterocycles. The lowest BCUT2D eigenvalue weighted by atomic mass is 9.86. The van der Waals surface area contributed by atoms with Crippen molar-refractivity contribution in [3.8, 4) is 0 Å². The standard InChI is InChI=1S/C15H22N4O/c1-18(10-12-5-2-3-6-14(12)20)11-13-9-17-15-16-7-4-8-19(13)15/h4,7-9,12,14,20H,2-3,5-6,10-11H2,1H3. The van der Waals surface area contributed by atoms with Crippen molar-refractivity contribution in [3.63, 3.8) is 0 Å². The molecule has 108 valence electrons. The van der Waals surface area contributed by atoms with Crippen LogP contribution < -0.4 is 0 Å². The molecule has 0 radical (unpaired) electrons. The molecule has 0 aromatic carbocycles. The second kappa shape index (κ2) is 5.89. The van der Waals surface area contributed by atoms with Gasteiger partial charge in [-0.25, -0.2) is 9.97 Å². The largest absolute Gasteiger partial charge is 0.393 e. The van der Waals surface area contributed by atoms with E-state index in [0.29, 0.717) is 5.92 Å². The number of rotatable bonds is 4. The molecular weight excluding hydrogens is 252 g/mol. The molecule has 0 bridgehead atoms. The molecule has 20 heavy (non-hydrogen) atoms. The topological polar surface area (TPSA) is 53.7 Å². The molecule has 0 aliphatic heterocycles. The summed E-state index contributed by atoms with van der Waals surface area (Å²) in [5, 5.41) is 10.1. The smallest absolute Gasteiger partial charge is 0.233 e. The van der Waals surface area contributed by atoms with Gasteiger partial charge in [-0.15, -0.1) is 0 Å². The van der Waals surface area contributed by atoms with Crippen LogP contribution in [-0.4, -0.2) is 44.1 Å². The van der Waals surface area contributed by atoms with Crippen molar-refractivity contribution >= 4 is 5.78 Å². The summed E-state index contributed by atoms with van der Waals surface area (Å²) in [6.45, 7) is 1.77. The lowest BCUT2D eigenvalue weighted by molar-refractivity contribution is 0.0499. The molecule has 0 saturated heterocycles. The second-order valence-corrected chi connectivity index (χ2v) is 5.85. The summed E-state index contributed by atoms with van der Waals surface area (Å²) in [6, 6.07) is 1.92. The number of nitrogens with zero attached hydrogens (tertiary/aromatic N) is 4. The highest BCUT2D eigenvalue weighted by Gasteiger charge is 2.24. The number of hydrogen-bond acceptors (Lipinski definition) is 4. The minimum atomic E-state index is -0.130. The first-order chi connectivity index (χ1) is 9.74. The summed E-state index contributed by atoms with van der Waals surface area (Å²) < 4.78 is 2.02. The molecule has 1 aliphatic rings. The van der Waals surface area contributed by atoms with Crippen LogP contribution in [0.5, 0.6) is 0 Å². The first kappa shape index (κ1) is 13.5. The average Bonchev–Trinajstić information content (AvgIpc) is 2.85. The molecule has 2 heterocycles. The van der Waals surface area contributed by atoms with E-state index >= 15 is 0 Å². The van der Waals surface area contributed by atoms with Gasteiger partial charge in [0.15, 0.2) is 0 Å². The monoisotopic (exact) mass is 274 g/mol. The van der Waals surface area contributed by atoms with Gasteiger partial charge < -0.3 is 10.0 Å². The molecule has 5 nitrogen and oxygen atoms in total. The van der Waals surface area contributed by atoms with E-state index in [9.17, 15) is 5.11 Å². The molecule has 3 rings (SSSR count). The molecule has 2 aromatic rings.